The number of benzene rings is 2. The molecule has 4 unspecified atom stereocenters. The van der Waals surface area contributed by atoms with Gasteiger partial charge in [-0.15, -0.1) is 0 Å². The predicted octanol–water partition coefficient (Wildman–Crippen LogP) is 0.105. The van der Waals surface area contributed by atoms with E-state index in [0.717, 1.165) is 16.5 Å². The summed E-state index contributed by atoms with van der Waals surface area (Å²) in [5.74, 6) is -4.06. The predicted molar refractivity (Wildman–Crippen MR) is 148 cm³/mol. The lowest BCUT2D eigenvalue weighted by Gasteiger charge is -2.25. The molecule has 0 fully saturated rings. The molecular weight excluding hydrogens is 516 g/mol. The molecule has 0 aliphatic heterocycles. The van der Waals surface area contributed by atoms with Crippen LogP contribution in [0.5, 0.6) is 0 Å². The Hall–Kier alpha value is -4.71. The van der Waals surface area contributed by atoms with Crippen molar-refractivity contribution in [3.63, 3.8) is 0 Å². The number of carbonyl (C=O) groups is 5. The quantitative estimate of drug-likeness (QED) is 0.147. The van der Waals surface area contributed by atoms with E-state index in [-0.39, 0.29) is 25.7 Å². The van der Waals surface area contributed by atoms with Crippen molar-refractivity contribution >= 4 is 40.5 Å². The molecule has 0 radical (unpaired) electrons. The number of nitrogens with one attached hydrogen (secondary N) is 4. The van der Waals surface area contributed by atoms with E-state index in [4.69, 9.17) is 11.5 Å². The van der Waals surface area contributed by atoms with Crippen molar-refractivity contribution < 1.29 is 29.1 Å². The third-order valence-corrected chi connectivity index (χ3v) is 6.36. The van der Waals surface area contributed by atoms with Gasteiger partial charge in [-0.25, -0.2) is 4.79 Å². The lowest BCUT2D eigenvalue weighted by atomic mass is 10.0. The normalized spacial score (nSPS) is 13.9. The highest BCUT2D eigenvalue weighted by atomic mass is 16.4. The highest BCUT2D eigenvalue weighted by molar-refractivity contribution is 5.95. The molecule has 4 amide bonds. The number of para-hydroxylation sites is 1. The number of fused-ring (bicyclic) bond motifs is 1. The van der Waals surface area contributed by atoms with Crippen LogP contribution in [0.4, 0.5) is 0 Å². The molecule has 0 saturated heterocycles. The maximum atomic E-state index is 13.4. The molecule has 12 heteroatoms. The van der Waals surface area contributed by atoms with Gasteiger partial charge in [0.1, 0.15) is 18.1 Å². The Labute approximate surface area is 230 Å². The summed E-state index contributed by atoms with van der Waals surface area (Å²) in [7, 11) is 0. The van der Waals surface area contributed by atoms with E-state index in [1.165, 1.54) is 6.92 Å². The number of H-pyrrole nitrogens is 1. The van der Waals surface area contributed by atoms with Crippen LogP contribution >= 0.6 is 0 Å². The molecule has 0 bridgehead atoms. The first-order valence-corrected chi connectivity index (χ1v) is 12.8. The number of rotatable bonds is 14. The summed E-state index contributed by atoms with van der Waals surface area (Å²) in [5, 5.41) is 18.2. The number of hydrogen-bond acceptors (Lipinski definition) is 6. The van der Waals surface area contributed by atoms with Gasteiger partial charge in [-0.05, 0) is 30.5 Å². The second kappa shape index (κ2) is 13.9. The van der Waals surface area contributed by atoms with Gasteiger partial charge in [0, 0.05) is 36.4 Å². The average Bonchev–Trinajstić information content (AvgIpc) is 3.33. The fraction of sp³-hybridized carbons (Fsp3) is 0.321. The maximum absolute atomic E-state index is 13.4. The lowest BCUT2D eigenvalue weighted by Crippen LogP contribution is -2.57. The van der Waals surface area contributed by atoms with E-state index in [2.05, 4.69) is 20.9 Å². The first-order chi connectivity index (χ1) is 19.0. The minimum Gasteiger partial charge on any atom is -0.480 e. The van der Waals surface area contributed by atoms with Crippen LogP contribution in [0.25, 0.3) is 10.9 Å². The second-order valence-electron chi connectivity index (χ2n) is 9.57. The SMILES string of the molecule is CC(N)C(=O)NC(Cc1c[nH]c2ccccc12)C(=O)NC(CCC(N)=O)C(=O)NC(Cc1ccccc1)C(=O)O. The van der Waals surface area contributed by atoms with Gasteiger partial charge in [0.25, 0.3) is 0 Å². The largest absolute Gasteiger partial charge is 0.480 e. The van der Waals surface area contributed by atoms with E-state index in [1.807, 2.05) is 24.3 Å². The van der Waals surface area contributed by atoms with E-state index in [1.54, 1.807) is 36.5 Å². The van der Waals surface area contributed by atoms with Gasteiger partial charge < -0.3 is 37.5 Å². The number of nitrogens with two attached hydrogens (primary N) is 2. The first-order valence-electron chi connectivity index (χ1n) is 12.8. The molecule has 1 heterocycles. The van der Waals surface area contributed by atoms with Crippen LogP contribution in [0.1, 0.15) is 30.9 Å². The van der Waals surface area contributed by atoms with Gasteiger partial charge in [0.15, 0.2) is 0 Å². The van der Waals surface area contributed by atoms with Crippen LogP contribution in [0.15, 0.2) is 60.8 Å². The summed E-state index contributed by atoms with van der Waals surface area (Å²) in [6.45, 7) is 1.47. The van der Waals surface area contributed by atoms with Crippen LogP contribution in [0, 0.1) is 0 Å². The number of aromatic nitrogens is 1. The average molecular weight is 551 g/mol. The van der Waals surface area contributed by atoms with Gasteiger partial charge in [0.2, 0.25) is 23.6 Å². The van der Waals surface area contributed by atoms with Crippen molar-refractivity contribution in [1.29, 1.82) is 0 Å². The van der Waals surface area contributed by atoms with Gasteiger partial charge in [-0.3, -0.25) is 19.2 Å². The Kier molecular flexibility index (Phi) is 10.4. The van der Waals surface area contributed by atoms with Crippen LogP contribution in [0.2, 0.25) is 0 Å². The smallest absolute Gasteiger partial charge is 0.326 e. The third-order valence-electron chi connectivity index (χ3n) is 6.36. The standard InChI is InChI=1S/C28H34N6O6/c1-16(29)25(36)33-22(14-18-15-31-20-10-6-5-9-19(18)20)27(38)32-21(11-12-24(30)35)26(37)34-23(28(39)40)13-17-7-3-2-4-8-17/h2-10,15-16,21-23,31H,11-14,29H2,1H3,(H2,30,35)(H,32,38)(H,33,36)(H,34,37)(H,39,40). The number of hydrogen-bond donors (Lipinski definition) is 7. The fourth-order valence-electron chi connectivity index (χ4n) is 4.18. The zero-order chi connectivity index (χ0) is 29.2. The topological polar surface area (TPSA) is 209 Å². The maximum Gasteiger partial charge on any atom is 0.326 e. The van der Waals surface area contributed by atoms with E-state index < -0.39 is 53.8 Å². The molecule has 40 heavy (non-hydrogen) atoms. The molecular formula is C28H34N6O6. The van der Waals surface area contributed by atoms with Crippen LogP contribution in [-0.4, -0.2) is 63.9 Å². The van der Waals surface area contributed by atoms with Crippen molar-refractivity contribution in [1.82, 2.24) is 20.9 Å². The Morgan fingerprint density at radius 3 is 2.08 bits per heavy atom. The molecule has 4 atom stereocenters. The second-order valence-corrected chi connectivity index (χ2v) is 9.57. The zero-order valence-electron chi connectivity index (χ0n) is 22.1. The molecule has 0 aliphatic carbocycles. The number of aliphatic carboxylic acids is 1. The lowest BCUT2D eigenvalue weighted by molar-refractivity contribution is -0.142. The number of aromatic amines is 1. The highest BCUT2D eigenvalue weighted by Gasteiger charge is 2.31. The Morgan fingerprint density at radius 1 is 0.825 bits per heavy atom. The monoisotopic (exact) mass is 550 g/mol. The molecule has 0 aliphatic rings. The van der Waals surface area contributed by atoms with Crippen molar-refractivity contribution in [3.8, 4) is 0 Å². The van der Waals surface area contributed by atoms with Gasteiger partial charge >= 0.3 is 5.97 Å². The molecule has 0 saturated carbocycles. The summed E-state index contributed by atoms with van der Waals surface area (Å²) in [4.78, 5) is 65.6. The first kappa shape index (κ1) is 29.8. The van der Waals surface area contributed by atoms with E-state index >= 15 is 0 Å². The number of primary amides is 1. The van der Waals surface area contributed by atoms with Crippen LogP contribution in [0.3, 0.4) is 0 Å². The van der Waals surface area contributed by atoms with E-state index in [9.17, 15) is 29.1 Å². The fourth-order valence-corrected chi connectivity index (χ4v) is 4.18. The van der Waals surface area contributed by atoms with Crippen molar-refractivity contribution in [3.05, 3.63) is 71.9 Å². The zero-order valence-corrected chi connectivity index (χ0v) is 22.1. The number of carboxylic acids is 1. The molecule has 212 valence electrons. The van der Waals surface area contributed by atoms with Crippen LogP contribution in [-0.2, 0) is 36.8 Å². The summed E-state index contributed by atoms with van der Waals surface area (Å²) in [6, 6.07) is 11.5. The van der Waals surface area contributed by atoms with Crippen molar-refractivity contribution in [2.45, 2.75) is 56.8 Å². The summed E-state index contributed by atoms with van der Waals surface area (Å²) < 4.78 is 0. The van der Waals surface area contributed by atoms with Crippen molar-refractivity contribution in [2.24, 2.45) is 11.5 Å². The molecule has 2 aromatic carbocycles. The molecule has 12 nitrogen and oxygen atoms in total. The minimum absolute atomic E-state index is 0.00599. The number of amides is 4. The molecule has 1 aromatic heterocycles. The molecule has 0 spiro atoms. The van der Waals surface area contributed by atoms with Crippen LogP contribution < -0.4 is 27.4 Å². The summed E-state index contributed by atoms with van der Waals surface area (Å²) in [5.41, 5.74) is 13.2. The van der Waals surface area contributed by atoms with Crippen molar-refractivity contribution in [2.75, 3.05) is 0 Å². The number of carboxylic acid groups (broad SMARTS) is 1. The van der Waals surface area contributed by atoms with Gasteiger partial charge in [0.05, 0.1) is 6.04 Å². The minimum atomic E-state index is -1.30. The summed E-state index contributed by atoms with van der Waals surface area (Å²) in [6.07, 6.45) is 1.39. The number of carbonyl (C=O) groups excluding carboxylic acids is 4. The van der Waals surface area contributed by atoms with Gasteiger partial charge in [-0.1, -0.05) is 48.5 Å². The molecule has 3 aromatic rings. The van der Waals surface area contributed by atoms with E-state index in [0.29, 0.717) is 5.56 Å². The molecule has 9 N–H and O–H groups in total. The third kappa shape index (κ3) is 8.40. The summed E-state index contributed by atoms with van der Waals surface area (Å²) >= 11 is 0. The highest BCUT2D eigenvalue weighted by Crippen LogP contribution is 2.19. The molecule has 3 rings (SSSR count). The Bertz CT molecular complexity index is 1360. The Morgan fingerprint density at radius 2 is 1.43 bits per heavy atom. The Balaban J connectivity index is 1.81. The van der Waals surface area contributed by atoms with Gasteiger partial charge in [-0.2, -0.15) is 0 Å².